The molecule has 10 heavy (non-hydrogen) atoms. The van der Waals surface area contributed by atoms with Crippen molar-refractivity contribution in [3.63, 3.8) is 0 Å². The maximum Gasteiger partial charge on any atom is 0.138 e. The smallest absolute Gasteiger partial charge is 0.138 e. The number of pyridine rings is 1. The van der Waals surface area contributed by atoms with Crippen molar-refractivity contribution in [3.05, 3.63) is 21.4 Å². The Balaban J connectivity index is 3.31. The van der Waals surface area contributed by atoms with Gasteiger partial charge in [0.25, 0.3) is 0 Å². The van der Waals surface area contributed by atoms with Crippen LogP contribution in [0, 0.1) is 14.9 Å². The standard InChI is InChI=1S/C6H4IN3/c7-5-4(3-8)1-2-10-6(5)9/h1-2H,(H2,9,10). The average Bonchev–Trinajstić information content (AvgIpc) is 1.95. The van der Waals surface area contributed by atoms with Gasteiger partial charge in [0.2, 0.25) is 0 Å². The first-order chi connectivity index (χ1) is 4.75. The highest BCUT2D eigenvalue weighted by atomic mass is 127. The first-order valence-corrected chi connectivity index (χ1v) is 3.63. The van der Waals surface area contributed by atoms with Gasteiger partial charge in [0.15, 0.2) is 0 Å². The number of aromatic nitrogens is 1. The third kappa shape index (κ3) is 1.19. The minimum Gasteiger partial charge on any atom is -0.383 e. The van der Waals surface area contributed by atoms with E-state index in [2.05, 4.69) is 4.98 Å². The summed E-state index contributed by atoms with van der Waals surface area (Å²) in [4.78, 5) is 3.81. The number of nitrogen functional groups attached to an aromatic ring is 1. The van der Waals surface area contributed by atoms with Crippen LogP contribution in [0.5, 0.6) is 0 Å². The fourth-order valence-corrected chi connectivity index (χ4v) is 0.986. The Morgan fingerprint density at radius 1 is 1.70 bits per heavy atom. The summed E-state index contributed by atoms with van der Waals surface area (Å²) in [5.41, 5.74) is 6.00. The van der Waals surface area contributed by atoms with E-state index in [4.69, 9.17) is 11.0 Å². The topological polar surface area (TPSA) is 62.7 Å². The molecule has 0 saturated heterocycles. The van der Waals surface area contributed by atoms with Crippen LogP contribution in [0.3, 0.4) is 0 Å². The Morgan fingerprint density at radius 2 is 2.40 bits per heavy atom. The molecule has 1 aromatic rings. The Hall–Kier alpha value is -0.830. The predicted octanol–water partition coefficient (Wildman–Crippen LogP) is 1.14. The van der Waals surface area contributed by atoms with Crippen LogP contribution in [-0.2, 0) is 0 Å². The molecule has 4 heteroatoms. The van der Waals surface area contributed by atoms with E-state index in [1.807, 2.05) is 28.7 Å². The van der Waals surface area contributed by atoms with Crippen molar-refractivity contribution >= 4 is 28.4 Å². The van der Waals surface area contributed by atoms with E-state index in [0.29, 0.717) is 11.4 Å². The molecule has 1 rings (SSSR count). The summed E-state index contributed by atoms with van der Waals surface area (Å²) < 4.78 is 0.725. The van der Waals surface area contributed by atoms with Crippen LogP contribution in [0.15, 0.2) is 12.3 Å². The highest BCUT2D eigenvalue weighted by Gasteiger charge is 2.00. The summed E-state index contributed by atoms with van der Waals surface area (Å²) in [6, 6.07) is 3.65. The van der Waals surface area contributed by atoms with Gasteiger partial charge in [-0.15, -0.1) is 0 Å². The van der Waals surface area contributed by atoms with E-state index in [0.717, 1.165) is 3.57 Å². The Morgan fingerprint density at radius 3 is 2.90 bits per heavy atom. The van der Waals surface area contributed by atoms with E-state index in [9.17, 15) is 0 Å². The van der Waals surface area contributed by atoms with Crippen LogP contribution in [0.2, 0.25) is 0 Å². The van der Waals surface area contributed by atoms with E-state index >= 15 is 0 Å². The number of hydrogen-bond donors (Lipinski definition) is 1. The van der Waals surface area contributed by atoms with Gasteiger partial charge in [-0.25, -0.2) is 4.98 Å². The van der Waals surface area contributed by atoms with Crippen LogP contribution >= 0.6 is 22.6 Å². The number of nitrogens with zero attached hydrogens (tertiary/aromatic N) is 2. The normalized spacial score (nSPS) is 8.80. The second-order valence-corrected chi connectivity index (χ2v) is 2.75. The first-order valence-electron chi connectivity index (χ1n) is 2.56. The minimum atomic E-state index is 0.416. The third-order valence-electron chi connectivity index (χ3n) is 1.04. The fourth-order valence-electron chi connectivity index (χ4n) is 0.546. The minimum absolute atomic E-state index is 0.416. The molecule has 0 aliphatic heterocycles. The van der Waals surface area contributed by atoms with E-state index in [1.54, 1.807) is 6.07 Å². The molecule has 0 atom stereocenters. The molecular weight excluding hydrogens is 241 g/mol. The summed E-state index contributed by atoms with van der Waals surface area (Å²) in [5, 5.41) is 8.50. The molecule has 0 aliphatic rings. The fraction of sp³-hybridized carbons (Fsp3) is 0. The van der Waals surface area contributed by atoms with Gasteiger partial charge in [0.1, 0.15) is 11.9 Å². The van der Waals surface area contributed by atoms with Crippen molar-refractivity contribution in [3.8, 4) is 6.07 Å². The van der Waals surface area contributed by atoms with Crippen LogP contribution in [0.4, 0.5) is 5.82 Å². The monoisotopic (exact) mass is 245 g/mol. The zero-order valence-electron chi connectivity index (χ0n) is 5.00. The van der Waals surface area contributed by atoms with Gasteiger partial charge in [-0.3, -0.25) is 0 Å². The second-order valence-electron chi connectivity index (χ2n) is 1.67. The van der Waals surface area contributed by atoms with Crippen molar-refractivity contribution in [2.45, 2.75) is 0 Å². The Labute approximate surface area is 72.0 Å². The van der Waals surface area contributed by atoms with Crippen molar-refractivity contribution in [1.29, 1.82) is 5.26 Å². The largest absolute Gasteiger partial charge is 0.383 e. The molecule has 2 N–H and O–H groups in total. The molecule has 0 fully saturated rings. The number of hydrogen-bond acceptors (Lipinski definition) is 3. The van der Waals surface area contributed by atoms with E-state index < -0.39 is 0 Å². The maximum atomic E-state index is 8.50. The van der Waals surface area contributed by atoms with Gasteiger partial charge in [-0.05, 0) is 28.7 Å². The number of nitriles is 1. The van der Waals surface area contributed by atoms with Crippen LogP contribution in [0.1, 0.15) is 5.56 Å². The quantitative estimate of drug-likeness (QED) is 0.697. The SMILES string of the molecule is N#Cc1ccnc(N)c1I. The molecule has 1 aromatic heterocycles. The average molecular weight is 245 g/mol. The number of nitrogens with two attached hydrogens (primary N) is 1. The zero-order valence-corrected chi connectivity index (χ0v) is 7.16. The Kier molecular flexibility index (Phi) is 2.06. The summed E-state index contributed by atoms with van der Waals surface area (Å²) in [5.74, 6) is 0.416. The third-order valence-corrected chi connectivity index (χ3v) is 2.17. The van der Waals surface area contributed by atoms with Gasteiger partial charge in [-0.1, -0.05) is 0 Å². The van der Waals surface area contributed by atoms with Crippen molar-refractivity contribution < 1.29 is 0 Å². The molecule has 3 nitrogen and oxygen atoms in total. The molecule has 0 unspecified atom stereocenters. The van der Waals surface area contributed by atoms with E-state index in [1.165, 1.54) is 6.20 Å². The molecule has 0 bridgehead atoms. The lowest BCUT2D eigenvalue weighted by molar-refractivity contribution is 1.30. The van der Waals surface area contributed by atoms with Gasteiger partial charge in [0, 0.05) is 6.20 Å². The lowest BCUT2D eigenvalue weighted by Gasteiger charge is -1.95. The summed E-state index contributed by atoms with van der Waals surface area (Å²) in [7, 11) is 0. The zero-order chi connectivity index (χ0) is 7.56. The van der Waals surface area contributed by atoms with Crippen LogP contribution in [-0.4, -0.2) is 4.98 Å². The van der Waals surface area contributed by atoms with E-state index in [-0.39, 0.29) is 0 Å². The maximum absolute atomic E-state index is 8.50. The summed E-state index contributed by atoms with van der Waals surface area (Å²) >= 11 is 1.99. The highest BCUT2D eigenvalue weighted by molar-refractivity contribution is 14.1. The predicted molar refractivity (Wildman–Crippen MR) is 46.1 cm³/mol. The van der Waals surface area contributed by atoms with Gasteiger partial charge in [0.05, 0.1) is 9.13 Å². The van der Waals surface area contributed by atoms with Gasteiger partial charge in [-0.2, -0.15) is 5.26 Å². The van der Waals surface area contributed by atoms with Crippen molar-refractivity contribution in [2.75, 3.05) is 5.73 Å². The van der Waals surface area contributed by atoms with Crippen LogP contribution in [0.25, 0.3) is 0 Å². The lowest BCUT2D eigenvalue weighted by atomic mass is 10.3. The molecule has 0 radical (unpaired) electrons. The first kappa shape index (κ1) is 7.28. The van der Waals surface area contributed by atoms with Gasteiger partial charge < -0.3 is 5.73 Å². The molecule has 1 heterocycles. The second kappa shape index (κ2) is 2.84. The summed E-state index contributed by atoms with van der Waals surface area (Å²) in [6.07, 6.45) is 1.52. The number of rotatable bonds is 0. The Bertz CT molecular complexity index is 290. The number of halogens is 1. The molecule has 50 valence electrons. The highest BCUT2D eigenvalue weighted by Crippen LogP contribution is 2.14. The molecular formula is C6H4IN3. The molecule has 0 amide bonds. The molecule has 0 saturated carbocycles. The van der Waals surface area contributed by atoms with Crippen molar-refractivity contribution in [1.82, 2.24) is 4.98 Å². The number of anilines is 1. The lowest BCUT2D eigenvalue weighted by Crippen LogP contribution is -1.95. The van der Waals surface area contributed by atoms with Gasteiger partial charge >= 0.3 is 0 Å². The molecule has 0 aliphatic carbocycles. The summed E-state index contributed by atoms with van der Waals surface area (Å²) in [6.45, 7) is 0. The molecule has 0 spiro atoms. The van der Waals surface area contributed by atoms with Crippen molar-refractivity contribution in [2.24, 2.45) is 0 Å². The van der Waals surface area contributed by atoms with Crippen LogP contribution < -0.4 is 5.73 Å². The molecule has 0 aromatic carbocycles.